The molecule has 0 saturated carbocycles. The summed E-state index contributed by atoms with van der Waals surface area (Å²) in [6.45, 7) is 16.9. The van der Waals surface area contributed by atoms with Gasteiger partial charge < -0.3 is 9.13 Å². The van der Waals surface area contributed by atoms with Crippen molar-refractivity contribution in [1.82, 2.24) is 9.13 Å². The summed E-state index contributed by atoms with van der Waals surface area (Å²) in [5, 5.41) is 0. The van der Waals surface area contributed by atoms with Gasteiger partial charge in [0.2, 0.25) is 0 Å². The number of hydrogen-bond donors (Lipinski definition) is 0. The van der Waals surface area contributed by atoms with Gasteiger partial charge >= 0.3 is 0 Å². The van der Waals surface area contributed by atoms with Crippen molar-refractivity contribution in [2.24, 2.45) is 0 Å². The Balaban J connectivity index is 2.65. The molecule has 1 heterocycles. The van der Waals surface area contributed by atoms with Crippen LogP contribution in [0.1, 0.15) is 0 Å². The summed E-state index contributed by atoms with van der Waals surface area (Å²) >= 11 is 0. The highest BCUT2D eigenvalue weighted by Gasteiger charge is 2.27. The Morgan fingerprint density at radius 3 is 1.14 bits per heavy atom. The van der Waals surface area contributed by atoms with E-state index in [4.69, 9.17) is 0 Å². The molecule has 0 saturated heterocycles. The topological polar surface area (TPSA) is 6.48 Å². The van der Waals surface area contributed by atoms with Crippen LogP contribution in [0.4, 0.5) is 0 Å². The maximum Gasteiger partial charge on any atom is 0.146 e. The van der Waals surface area contributed by atoms with Crippen LogP contribution in [0.2, 0.25) is 39.3 Å². The fraction of sp³-hybridized carbons (Fsp3) is 0.800. The number of hydrogen-bond acceptors (Lipinski definition) is 2. The highest BCUT2D eigenvalue weighted by atomic mass is 28.3. The van der Waals surface area contributed by atoms with Gasteiger partial charge in [0, 0.05) is 25.5 Å². The van der Waals surface area contributed by atoms with Crippen LogP contribution in [-0.2, 0) is 0 Å². The molecule has 0 fully saturated rings. The van der Waals surface area contributed by atoms with Gasteiger partial charge in [0.1, 0.15) is 16.5 Å². The standard InChI is InChI=1S/C10H24N2Si2/c1-13(2,3)11-7-9-12(10-8-11)14(4,5)6/h7,9H,8,10H2,1-6H3. The molecule has 0 atom stereocenters. The normalized spacial score (nSPS) is 19.0. The van der Waals surface area contributed by atoms with Crippen LogP contribution >= 0.6 is 0 Å². The second-order valence-electron chi connectivity index (χ2n) is 6.03. The minimum absolute atomic E-state index is 1.11. The SMILES string of the molecule is C[Si](C)(C)N1C=CN([Si](C)(C)C)CC1. The van der Waals surface area contributed by atoms with Crippen LogP contribution < -0.4 is 0 Å². The van der Waals surface area contributed by atoms with E-state index in [1.54, 1.807) is 0 Å². The number of rotatable bonds is 2. The van der Waals surface area contributed by atoms with E-state index in [1.165, 1.54) is 13.1 Å². The Hall–Kier alpha value is -0.226. The first-order valence-electron chi connectivity index (χ1n) is 5.43. The third-order valence-corrected chi connectivity index (χ3v) is 6.92. The van der Waals surface area contributed by atoms with E-state index >= 15 is 0 Å². The zero-order valence-electron chi connectivity index (χ0n) is 10.5. The highest BCUT2D eigenvalue weighted by molar-refractivity contribution is 6.74. The first kappa shape index (κ1) is 11.8. The lowest BCUT2D eigenvalue weighted by Crippen LogP contribution is -2.53. The zero-order chi connectivity index (χ0) is 11.0. The smallest absolute Gasteiger partial charge is 0.146 e. The van der Waals surface area contributed by atoms with Gasteiger partial charge in [-0.2, -0.15) is 0 Å². The molecule has 1 aliphatic heterocycles. The molecule has 0 unspecified atom stereocenters. The van der Waals surface area contributed by atoms with E-state index in [0.717, 1.165) is 0 Å². The average Bonchev–Trinajstić information content (AvgIpc) is 2.01. The van der Waals surface area contributed by atoms with Gasteiger partial charge in [-0.05, 0) is 0 Å². The van der Waals surface area contributed by atoms with E-state index in [9.17, 15) is 0 Å². The maximum absolute atomic E-state index is 2.56. The molecule has 0 aromatic rings. The van der Waals surface area contributed by atoms with Crippen LogP contribution in [0, 0.1) is 0 Å². The van der Waals surface area contributed by atoms with Crippen molar-refractivity contribution < 1.29 is 0 Å². The summed E-state index contributed by atoms with van der Waals surface area (Å²) in [5.74, 6) is 0. The quantitative estimate of drug-likeness (QED) is 0.671. The minimum Gasteiger partial charge on any atom is -0.401 e. The van der Waals surface area contributed by atoms with Crippen LogP contribution in [0.15, 0.2) is 12.4 Å². The Morgan fingerprint density at radius 1 is 0.714 bits per heavy atom. The molecule has 0 aromatic carbocycles. The van der Waals surface area contributed by atoms with Crippen LogP contribution in [0.5, 0.6) is 0 Å². The van der Waals surface area contributed by atoms with Crippen molar-refractivity contribution in [2.75, 3.05) is 13.1 Å². The molecule has 0 N–H and O–H groups in total. The molecule has 82 valence electrons. The molecular formula is C10H24N2Si2. The van der Waals surface area contributed by atoms with Gasteiger partial charge in [0.05, 0.1) is 0 Å². The lowest BCUT2D eigenvalue weighted by atomic mass is 10.5. The predicted octanol–water partition coefficient (Wildman–Crippen LogP) is 2.75. The molecule has 0 spiro atoms. The summed E-state index contributed by atoms with van der Waals surface area (Å²) in [5.41, 5.74) is 0. The van der Waals surface area contributed by atoms with E-state index in [2.05, 4.69) is 60.8 Å². The monoisotopic (exact) mass is 228 g/mol. The molecule has 0 bridgehead atoms. The minimum atomic E-state index is -1.11. The predicted molar refractivity (Wildman–Crippen MR) is 69.2 cm³/mol. The second kappa shape index (κ2) is 3.73. The Labute approximate surface area is 90.8 Å². The molecule has 0 radical (unpaired) electrons. The fourth-order valence-corrected chi connectivity index (χ4v) is 4.21. The molecule has 4 heteroatoms. The zero-order valence-corrected chi connectivity index (χ0v) is 12.5. The van der Waals surface area contributed by atoms with Gasteiger partial charge in [-0.15, -0.1) is 0 Å². The molecular weight excluding hydrogens is 204 g/mol. The summed E-state index contributed by atoms with van der Waals surface area (Å²) < 4.78 is 5.12. The molecule has 0 aromatic heterocycles. The van der Waals surface area contributed by atoms with Gasteiger partial charge in [0.25, 0.3) is 0 Å². The second-order valence-corrected chi connectivity index (χ2v) is 15.9. The molecule has 14 heavy (non-hydrogen) atoms. The average molecular weight is 228 g/mol. The van der Waals surface area contributed by atoms with Gasteiger partial charge in [-0.3, -0.25) is 0 Å². The molecule has 1 aliphatic rings. The van der Waals surface area contributed by atoms with Gasteiger partial charge in [-0.25, -0.2) is 0 Å². The fourth-order valence-electron chi connectivity index (χ4n) is 1.64. The van der Waals surface area contributed by atoms with E-state index in [0.29, 0.717) is 0 Å². The molecule has 2 nitrogen and oxygen atoms in total. The molecule has 0 amide bonds. The largest absolute Gasteiger partial charge is 0.401 e. The summed E-state index contributed by atoms with van der Waals surface area (Å²) in [6, 6.07) is 0. The van der Waals surface area contributed by atoms with Crippen LogP contribution in [-0.4, -0.2) is 38.7 Å². The third kappa shape index (κ3) is 2.88. The maximum atomic E-state index is 2.56. The molecule has 1 rings (SSSR count). The van der Waals surface area contributed by atoms with Crippen molar-refractivity contribution in [3.63, 3.8) is 0 Å². The summed E-state index contributed by atoms with van der Waals surface area (Å²) in [6.07, 6.45) is 4.63. The van der Waals surface area contributed by atoms with Crippen molar-refractivity contribution in [1.29, 1.82) is 0 Å². The molecule has 0 aliphatic carbocycles. The van der Waals surface area contributed by atoms with Crippen molar-refractivity contribution in [2.45, 2.75) is 39.3 Å². The lowest BCUT2D eigenvalue weighted by molar-refractivity contribution is 0.421. The number of nitrogens with zero attached hydrogens (tertiary/aromatic N) is 2. The lowest BCUT2D eigenvalue weighted by Gasteiger charge is -2.43. The Morgan fingerprint density at radius 2 is 1.00 bits per heavy atom. The first-order chi connectivity index (χ1) is 6.21. The van der Waals surface area contributed by atoms with Crippen molar-refractivity contribution in [3.8, 4) is 0 Å². The third-order valence-electron chi connectivity index (χ3n) is 2.73. The van der Waals surface area contributed by atoms with Gasteiger partial charge in [0.15, 0.2) is 0 Å². The van der Waals surface area contributed by atoms with Crippen LogP contribution in [0.25, 0.3) is 0 Å². The van der Waals surface area contributed by atoms with Crippen LogP contribution in [0.3, 0.4) is 0 Å². The Kier molecular flexibility index (Phi) is 3.16. The van der Waals surface area contributed by atoms with E-state index in [1.807, 2.05) is 0 Å². The van der Waals surface area contributed by atoms with E-state index < -0.39 is 16.5 Å². The van der Waals surface area contributed by atoms with Gasteiger partial charge in [-0.1, -0.05) is 39.3 Å². The van der Waals surface area contributed by atoms with Crippen molar-refractivity contribution in [3.05, 3.63) is 12.4 Å². The summed E-state index contributed by atoms with van der Waals surface area (Å²) in [4.78, 5) is 0. The first-order valence-corrected chi connectivity index (χ1v) is 12.3. The van der Waals surface area contributed by atoms with Crippen molar-refractivity contribution >= 4 is 16.5 Å². The summed E-state index contributed by atoms with van der Waals surface area (Å²) in [7, 11) is -2.22. The highest BCUT2D eigenvalue weighted by Crippen LogP contribution is 2.18. The van der Waals surface area contributed by atoms with E-state index in [-0.39, 0.29) is 0 Å². The Bertz CT molecular complexity index is 201.